The summed E-state index contributed by atoms with van der Waals surface area (Å²) in [5.74, 6) is 0. The fourth-order valence-corrected chi connectivity index (χ4v) is 3.56. The largest absolute Gasteiger partial charge is 0.218 e. The lowest BCUT2D eigenvalue weighted by Gasteiger charge is -2.26. The molecule has 0 saturated carbocycles. The van der Waals surface area contributed by atoms with Gasteiger partial charge in [0.25, 0.3) is 0 Å². The average Bonchev–Trinajstić information content (AvgIpc) is 2.16. The van der Waals surface area contributed by atoms with Gasteiger partial charge in [0.15, 0.2) is 0 Å². The summed E-state index contributed by atoms with van der Waals surface area (Å²) in [6, 6.07) is 0. The van der Waals surface area contributed by atoms with Gasteiger partial charge in [-0.25, -0.2) is 26.3 Å². The molecule has 0 saturated heterocycles. The second-order valence-electron chi connectivity index (χ2n) is 4.23. The van der Waals surface area contributed by atoms with Crippen molar-refractivity contribution in [2.75, 3.05) is 14.1 Å². The third-order valence-electron chi connectivity index (χ3n) is 2.59. The van der Waals surface area contributed by atoms with Crippen LogP contribution in [0.2, 0.25) is 0 Å². The van der Waals surface area contributed by atoms with Crippen molar-refractivity contribution in [2.45, 2.75) is 37.2 Å². The molecular weight excluding hydrogens is 252 g/mol. The number of sulfonamides is 2. The third-order valence-corrected chi connectivity index (χ3v) is 6.54. The molecule has 0 heterocycles. The van der Waals surface area contributed by atoms with Gasteiger partial charge in [-0.2, -0.15) is 0 Å². The van der Waals surface area contributed by atoms with Gasteiger partial charge in [-0.15, -0.1) is 0 Å². The van der Waals surface area contributed by atoms with E-state index in [1.807, 2.05) is 0 Å². The van der Waals surface area contributed by atoms with E-state index < -0.39 is 30.0 Å². The zero-order valence-corrected chi connectivity index (χ0v) is 11.9. The minimum atomic E-state index is -3.50. The zero-order chi connectivity index (χ0) is 13.2. The molecule has 1 unspecified atom stereocenters. The SMILES string of the molecule is CNS(=O)(=O)C(C)CC(C)(C)S(=O)(=O)NC. The summed E-state index contributed by atoms with van der Waals surface area (Å²) in [6.45, 7) is 4.49. The van der Waals surface area contributed by atoms with E-state index >= 15 is 0 Å². The molecule has 6 nitrogen and oxygen atoms in total. The van der Waals surface area contributed by atoms with Crippen LogP contribution in [0.4, 0.5) is 0 Å². The molecule has 0 aromatic heterocycles. The lowest BCUT2D eigenvalue weighted by molar-refractivity contribution is 0.505. The average molecular weight is 272 g/mol. The molecular formula is C8H20N2O4S2. The maximum atomic E-state index is 11.6. The lowest BCUT2D eigenvalue weighted by Crippen LogP contribution is -2.44. The van der Waals surface area contributed by atoms with Gasteiger partial charge in [-0.1, -0.05) is 0 Å². The van der Waals surface area contributed by atoms with Crippen LogP contribution in [0.3, 0.4) is 0 Å². The second kappa shape index (κ2) is 4.99. The zero-order valence-electron chi connectivity index (χ0n) is 10.2. The van der Waals surface area contributed by atoms with E-state index in [-0.39, 0.29) is 6.42 Å². The molecule has 0 aliphatic heterocycles. The highest BCUT2D eigenvalue weighted by molar-refractivity contribution is 7.91. The Morgan fingerprint density at radius 1 is 1.06 bits per heavy atom. The highest BCUT2D eigenvalue weighted by Gasteiger charge is 2.37. The van der Waals surface area contributed by atoms with Crippen molar-refractivity contribution in [2.24, 2.45) is 0 Å². The molecule has 1 atom stereocenters. The molecule has 0 aromatic carbocycles. The van der Waals surface area contributed by atoms with Crippen LogP contribution in [0.5, 0.6) is 0 Å². The molecule has 0 amide bonds. The van der Waals surface area contributed by atoms with Crippen molar-refractivity contribution in [1.29, 1.82) is 0 Å². The van der Waals surface area contributed by atoms with E-state index in [2.05, 4.69) is 9.44 Å². The Bertz CT molecular complexity index is 425. The summed E-state index contributed by atoms with van der Waals surface area (Å²) in [5.41, 5.74) is 0. The molecule has 8 heteroatoms. The van der Waals surface area contributed by atoms with Gasteiger partial charge < -0.3 is 0 Å². The molecule has 0 fully saturated rings. The van der Waals surface area contributed by atoms with Gasteiger partial charge in [0.2, 0.25) is 20.0 Å². The molecule has 0 rings (SSSR count). The first-order valence-corrected chi connectivity index (χ1v) is 7.88. The molecule has 0 aliphatic carbocycles. The van der Waals surface area contributed by atoms with Gasteiger partial charge >= 0.3 is 0 Å². The van der Waals surface area contributed by atoms with E-state index in [1.54, 1.807) is 0 Å². The quantitative estimate of drug-likeness (QED) is 0.691. The first kappa shape index (κ1) is 15.8. The summed E-state index contributed by atoms with van der Waals surface area (Å²) >= 11 is 0. The predicted octanol–water partition coefficient (Wildman–Crippen LogP) is -0.358. The maximum Gasteiger partial charge on any atom is 0.216 e. The summed E-state index contributed by atoms with van der Waals surface area (Å²) in [7, 11) is -4.32. The van der Waals surface area contributed by atoms with E-state index in [0.29, 0.717) is 0 Å². The smallest absolute Gasteiger partial charge is 0.216 e. The Morgan fingerprint density at radius 3 is 1.81 bits per heavy atom. The maximum absolute atomic E-state index is 11.6. The summed E-state index contributed by atoms with van der Waals surface area (Å²) in [5, 5.41) is -0.768. The van der Waals surface area contributed by atoms with Crippen LogP contribution >= 0.6 is 0 Å². The molecule has 16 heavy (non-hydrogen) atoms. The molecule has 0 aliphatic rings. The van der Waals surface area contributed by atoms with Crippen molar-refractivity contribution in [3.05, 3.63) is 0 Å². The Hall–Kier alpha value is -0.180. The van der Waals surface area contributed by atoms with E-state index in [1.165, 1.54) is 34.9 Å². The normalized spacial score (nSPS) is 16.1. The number of nitrogens with one attached hydrogen (secondary N) is 2. The first-order chi connectivity index (χ1) is 7.00. The lowest BCUT2D eigenvalue weighted by atomic mass is 10.1. The van der Waals surface area contributed by atoms with E-state index in [9.17, 15) is 16.8 Å². The van der Waals surface area contributed by atoms with Gasteiger partial charge in [-0.3, -0.25) is 0 Å². The number of hydrogen-bond acceptors (Lipinski definition) is 4. The van der Waals surface area contributed by atoms with Crippen LogP contribution in [-0.4, -0.2) is 40.9 Å². The highest BCUT2D eigenvalue weighted by Crippen LogP contribution is 2.23. The Balaban J connectivity index is 5.02. The second-order valence-corrected chi connectivity index (χ2v) is 9.05. The van der Waals surface area contributed by atoms with Crippen molar-refractivity contribution in [1.82, 2.24) is 9.44 Å². The van der Waals surface area contributed by atoms with Crippen molar-refractivity contribution in [3.63, 3.8) is 0 Å². The van der Waals surface area contributed by atoms with Crippen LogP contribution in [0, 0.1) is 0 Å². The predicted molar refractivity (Wildman–Crippen MR) is 64.1 cm³/mol. The minimum absolute atomic E-state index is 0.0271. The Labute approximate surface area is 97.9 Å². The molecule has 0 radical (unpaired) electrons. The van der Waals surface area contributed by atoms with E-state index in [0.717, 1.165) is 0 Å². The van der Waals surface area contributed by atoms with Gasteiger partial charge in [0.1, 0.15) is 0 Å². The van der Waals surface area contributed by atoms with E-state index in [4.69, 9.17) is 0 Å². The summed E-state index contributed by atoms with van der Waals surface area (Å²) in [4.78, 5) is 0. The monoisotopic (exact) mass is 272 g/mol. The Morgan fingerprint density at radius 2 is 1.50 bits per heavy atom. The molecule has 2 N–H and O–H groups in total. The van der Waals surface area contributed by atoms with Crippen LogP contribution in [0.25, 0.3) is 0 Å². The van der Waals surface area contributed by atoms with Crippen molar-refractivity contribution in [3.8, 4) is 0 Å². The summed E-state index contributed by atoms with van der Waals surface area (Å²) in [6.07, 6.45) is 0.0271. The molecule has 0 aromatic rings. The fourth-order valence-electron chi connectivity index (χ4n) is 1.39. The standard InChI is InChI=1S/C8H20N2O4S2/c1-7(15(11,12)9-4)6-8(2,3)16(13,14)10-5/h7,9-10H,6H2,1-5H3. The fraction of sp³-hybridized carbons (Fsp3) is 1.00. The first-order valence-electron chi connectivity index (χ1n) is 4.85. The Kier molecular flexibility index (Phi) is 4.93. The number of rotatable bonds is 6. The van der Waals surface area contributed by atoms with Crippen LogP contribution < -0.4 is 9.44 Å². The molecule has 0 bridgehead atoms. The van der Waals surface area contributed by atoms with Gasteiger partial charge in [0, 0.05) is 0 Å². The molecule has 98 valence electrons. The van der Waals surface area contributed by atoms with Gasteiger partial charge in [-0.05, 0) is 41.3 Å². The van der Waals surface area contributed by atoms with Crippen molar-refractivity contribution < 1.29 is 16.8 Å². The minimum Gasteiger partial charge on any atom is -0.218 e. The highest BCUT2D eigenvalue weighted by atomic mass is 32.2. The van der Waals surface area contributed by atoms with Crippen LogP contribution in [-0.2, 0) is 20.0 Å². The third kappa shape index (κ3) is 3.41. The topological polar surface area (TPSA) is 92.3 Å². The van der Waals surface area contributed by atoms with Crippen LogP contribution in [0.1, 0.15) is 27.2 Å². The van der Waals surface area contributed by atoms with Crippen LogP contribution in [0.15, 0.2) is 0 Å². The summed E-state index contributed by atoms with van der Waals surface area (Å²) < 4.78 is 49.5. The number of hydrogen-bond donors (Lipinski definition) is 2. The van der Waals surface area contributed by atoms with Gasteiger partial charge in [0.05, 0.1) is 10.00 Å². The van der Waals surface area contributed by atoms with Crippen molar-refractivity contribution >= 4 is 20.0 Å². The molecule has 0 spiro atoms.